The van der Waals surface area contributed by atoms with Crippen LogP contribution in [0.15, 0.2) is 24.3 Å². The summed E-state index contributed by atoms with van der Waals surface area (Å²) in [7, 11) is 1.87. The number of carbonyl (C=O) groups excluding carboxylic acids is 1. The first-order valence-electron chi connectivity index (χ1n) is 8.60. The molecule has 1 heterocycles. The standard InChI is InChI=1S/C18H27N3O3/c1-14(2)17(13-20-10-4-5-11-20)19(3)18(22)12-15-6-8-16(9-7-15)21(23)24/h6-9,14,17H,4-5,10-13H2,1-3H3/t17-/m1/s1. The molecule has 24 heavy (non-hydrogen) atoms. The number of carbonyl (C=O) groups is 1. The number of non-ortho nitro benzene ring substituents is 1. The highest BCUT2D eigenvalue weighted by molar-refractivity contribution is 5.79. The van der Waals surface area contributed by atoms with Gasteiger partial charge in [-0.25, -0.2) is 0 Å². The maximum atomic E-state index is 12.6. The second kappa shape index (κ2) is 8.24. The minimum absolute atomic E-state index is 0.0497. The lowest BCUT2D eigenvalue weighted by Gasteiger charge is -2.34. The van der Waals surface area contributed by atoms with Crippen molar-refractivity contribution in [2.75, 3.05) is 26.7 Å². The van der Waals surface area contributed by atoms with Crippen molar-refractivity contribution in [3.8, 4) is 0 Å². The lowest BCUT2D eigenvalue weighted by Crippen LogP contribution is -2.47. The number of likely N-dealkylation sites (N-methyl/N-ethyl adjacent to an activating group) is 1. The van der Waals surface area contributed by atoms with E-state index in [9.17, 15) is 14.9 Å². The third kappa shape index (κ3) is 4.77. The van der Waals surface area contributed by atoms with Crippen molar-refractivity contribution >= 4 is 11.6 Å². The molecule has 0 saturated carbocycles. The molecule has 1 saturated heterocycles. The normalized spacial score (nSPS) is 16.3. The smallest absolute Gasteiger partial charge is 0.269 e. The van der Waals surface area contributed by atoms with Crippen molar-refractivity contribution in [2.45, 2.75) is 39.2 Å². The van der Waals surface area contributed by atoms with Crippen LogP contribution in [0.1, 0.15) is 32.3 Å². The van der Waals surface area contributed by atoms with Gasteiger partial charge < -0.3 is 9.80 Å². The molecule has 132 valence electrons. The van der Waals surface area contributed by atoms with E-state index in [1.54, 1.807) is 12.1 Å². The molecule has 1 fully saturated rings. The molecule has 0 unspecified atom stereocenters. The first-order valence-corrected chi connectivity index (χ1v) is 8.60. The zero-order valence-corrected chi connectivity index (χ0v) is 14.8. The summed E-state index contributed by atoms with van der Waals surface area (Å²) in [6, 6.07) is 6.41. The zero-order chi connectivity index (χ0) is 17.7. The summed E-state index contributed by atoms with van der Waals surface area (Å²) in [4.78, 5) is 27.2. The summed E-state index contributed by atoms with van der Waals surface area (Å²) in [5.74, 6) is 0.443. The molecule has 1 atom stereocenters. The number of amides is 1. The van der Waals surface area contributed by atoms with Crippen LogP contribution in [0.4, 0.5) is 5.69 Å². The van der Waals surface area contributed by atoms with Gasteiger partial charge in [0.1, 0.15) is 0 Å². The Morgan fingerprint density at radius 2 is 1.83 bits per heavy atom. The minimum Gasteiger partial charge on any atom is -0.341 e. The van der Waals surface area contributed by atoms with Gasteiger partial charge in [-0.3, -0.25) is 14.9 Å². The van der Waals surface area contributed by atoms with Crippen LogP contribution in [0.2, 0.25) is 0 Å². The molecule has 1 aromatic carbocycles. The zero-order valence-electron chi connectivity index (χ0n) is 14.8. The van der Waals surface area contributed by atoms with Crippen LogP contribution in [0.3, 0.4) is 0 Å². The van der Waals surface area contributed by atoms with Gasteiger partial charge in [0, 0.05) is 31.8 Å². The van der Waals surface area contributed by atoms with Crippen LogP contribution in [0.5, 0.6) is 0 Å². The minimum atomic E-state index is -0.428. The Morgan fingerprint density at radius 1 is 1.25 bits per heavy atom. The lowest BCUT2D eigenvalue weighted by atomic mass is 10.0. The monoisotopic (exact) mass is 333 g/mol. The highest BCUT2D eigenvalue weighted by Crippen LogP contribution is 2.17. The van der Waals surface area contributed by atoms with E-state index in [0.29, 0.717) is 5.92 Å². The quantitative estimate of drug-likeness (QED) is 0.568. The van der Waals surface area contributed by atoms with Gasteiger partial charge in [-0.1, -0.05) is 26.0 Å². The lowest BCUT2D eigenvalue weighted by molar-refractivity contribution is -0.384. The van der Waals surface area contributed by atoms with E-state index in [2.05, 4.69) is 18.7 Å². The summed E-state index contributed by atoms with van der Waals surface area (Å²) in [6.45, 7) is 7.45. The molecule has 1 amide bonds. The molecule has 0 bridgehead atoms. The Kier molecular flexibility index (Phi) is 6.31. The Labute approximate surface area is 143 Å². The summed E-state index contributed by atoms with van der Waals surface area (Å²) in [5.41, 5.74) is 0.856. The molecular weight excluding hydrogens is 306 g/mol. The highest BCUT2D eigenvalue weighted by atomic mass is 16.6. The van der Waals surface area contributed by atoms with Crippen LogP contribution < -0.4 is 0 Å². The van der Waals surface area contributed by atoms with Gasteiger partial charge in [-0.15, -0.1) is 0 Å². The molecule has 0 N–H and O–H groups in total. The maximum absolute atomic E-state index is 12.6. The van der Waals surface area contributed by atoms with Crippen molar-refractivity contribution in [1.82, 2.24) is 9.80 Å². The SMILES string of the molecule is CC(C)[C@@H](CN1CCCC1)N(C)C(=O)Cc1ccc([N+](=O)[O-])cc1. The highest BCUT2D eigenvalue weighted by Gasteiger charge is 2.26. The van der Waals surface area contributed by atoms with E-state index in [0.717, 1.165) is 25.2 Å². The first-order chi connectivity index (χ1) is 11.4. The van der Waals surface area contributed by atoms with E-state index in [4.69, 9.17) is 0 Å². The fraction of sp³-hybridized carbons (Fsp3) is 0.611. The Morgan fingerprint density at radius 3 is 2.33 bits per heavy atom. The molecular formula is C18H27N3O3. The van der Waals surface area contributed by atoms with Gasteiger partial charge >= 0.3 is 0 Å². The third-order valence-electron chi connectivity index (χ3n) is 4.81. The van der Waals surface area contributed by atoms with Gasteiger partial charge in [0.25, 0.3) is 5.69 Å². The fourth-order valence-corrected chi connectivity index (χ4v) is 3.23. The molecule has 0 aliphatic carbocycles. The molecule has 0 spiro atoms. The summed E-state index contributed by atoms with van der Waals surface area (Å²) in [6.07, 6.45) is 2.76. The number of rotatable bonds is 7. The summed E-state index contributed by atoms with van der Waals surface area (Å²) in [5, 5.41) is 10.7. The number of hydrogen-bond donors (Lipinski definition) is 0. The first kappa shape index (κ1) is 18.4. The van der Waals surface area contributed by atoms with E-state index in [-0.39, 0.29) is 24.1 Å². The molecule has 1 aliphatic heterocycles. The number of likely N-dealkylation sites (tertiary alicyclic amines) is 1. The number of nitro groups is 1. The van der Waals surface area contributed by atoms with Crippen LogP contribution in [-0.2, 0) is 11.2 Å². The van der Waals surface area contributed by atoms with Crippen molar-refractivity contribution in [2.24, 2.45) is 5.92 Å². The van der Waals surface area contributed by atoms with Crippen LogP contribution in [0, 0.1) is 16.0 Å². The molecule has 6 nitrogen and oxygen atoms in total. The predicted molar refractivity (Wildman–Crippen MR) is 93.9 cm³/mol. The van der Waals surface area contributed by atoms with Crippen molar-refractivity contribution < 1.29 is 9.72 Å². The largest absolute Gasteiger partial charge is 0.341 e. The second-order valence-electron chi connectivity index (χ2n) is 6.92. The molecule has 1 aromatic rings. The number of nitrogens with zero attached hydrogens (tertiary/aromatic N) is 3. The molecule has 2 rings (SSSR count). The van der Waals surface area contributed by atoms with Crippen molar-refractivity contribution in [3.05, 3.63) is 39.9 Å². The molecule has 0 radical (unpaired) electrons. The molecule has 1 aliphatic rings. The molecule has 0 aromatic heterocycles. The summed E-state index contributed by atoms with van der Waals surface area (Å²) < 4.78 is 0. The number of benzene rings is 1. The van der Waals surface area contributed by atoms with E-state index in [1.807, 2.05) is 11.9 Å². The average Bonchev–Trinajstić information content (AvgIpc) is 3.05. The second-order valence-corrected chi connectivity index (χ2v) is 6.92. The van der Waals surface area contributed by atoms with Crippen LogP contribution in [0.25, 0.3) is 0 Å². The van der Waals surface area contributed by atoms with Gasteiger partial charge in [-0.2, -0.15) is 0 Å². The predicted octanol–water partition coefficient (Wildman–Crippen LogP) is 2.72. The fourth-order valence-electron chi connectivity index (χ4n) is 3.23. The average molecular weight is 333 g/mol. The van der Waals surface area contributed by atoms with Crippen LogP contribution >= 0.6 is 0 Å². The van der Waals surface area contributed by atoms with Gasteiger partial charge in [0.2, 0.25) is 5.91 Å². The van der Waals surface area contributed by atoms with E-state index >= 15 is 0 Å². The Balaban J connectivity index is 1.98. The number of nitro benzene ring substituents is 1. The summed E-state index contributed by atoms with van der Waals surface area (Å²) >= 11 is 0. The topological polar surface area (TPSA) is 66.7 Å². The van der Waals surface area contributed by atoms with Crippen molar-refractivity contribution in [1.29, 1.82) is 0 Å². The van der Waals surface area contributed by atoms with E-state index < -0.39 is 4.92 Å². The van der Waals surface area contributed by atoms with Crippen molar-refractivity contribution in [3.63, 3.8) is 0 Å². The number of hydrogen-bond acceptors (Lipinski definition) is 4. The molecule has 6 heteroatoms. The maximum Gasteiger partial charge on any atom is 0.269 e. The third-order valence-corrected chi connectivity index (χ3v) is 4.81. The van der Waals surface area contributed by atoms with E-state index in [1.165, 1.54) is 25.0 Å². The Bertz CT molecular complexity index is 565. The van der Waals surface area contributed by atoms with Gasteiger partial charge in [0.05, 0.1) is 11.3 Å². The van der Waals surface area contributed by atoms with Crippen LogP contribution in [-0.4, -0.2) is 53.4 Å². The Hall–Kier alpha value is -1.95. The van der Waals surface area contributed by atoms with Gasteiger partial charge in [0.15, 0.2) is 0 Å². The van der Waals surface area contributed by atoms with Gasteiger partial charge in [-0.05, 0) is 37.4 Å².